The number of carbonyl (C=O) groups is 2. The van der Waals surface area contributed by atoms with E-state index in [4.69, 9.17) is 16.3 Å². The third-order valence-electron chi connectivity index (χ3n) is 4.31. The molecular formula is C17H16ClN5O3. The maximum absolute atomic E-state index is 12.8. The highest BCUT2D eigenvalue weighted by Crippen LogP contribution is 2.36. The lowest BCUT2D eigenvalue weighted by Crippen LogP contribution is -2.47. The van der Waals surface area contributed by atoms with Crippen LogP contribution in [0, 0.1) is 0 Å². The molecule has 0 spiro atoms. The average molecular weight is 374 g/mol. The Balaban J connectivity index is 1.66. The van der Waals surface area contributed by atoms with Gasteiger partial charge in [-0.1, -0.05) is 11.6 Å². The molecule has 1 aromatic heterocycles. The molecule has 2 aliphatic rings. The van der Waals surface area contributed by atoms with E-state index in [2.05, 4.69) is 15.3 Å². The van der Waals surface area contributed by atoms with Gasteiger partial charge in [-0.25, -0.2) is 9.78 Å². The number of fused-ring (bicyclic) bond motifs is 1. The van der Waals surface area contributed by atoms with E-state index in [1.807, 2.05) is 0 Å². The standard InChI is InChI=1S/C17H16ClN5O3/c18-11-1-3-12(4-2-11)23-15(24)13-14(21-6-5-20-13)16(23)26-17(25)22-9-7-19-8-10-22/h1-6,16,19H,7-10H2. The number of rotatable bonds is 2. The molecule has 26 heavy (non-hydrogen) atoms. The second-order valence-electron chi connectivity index (χ2n) is 5.91. The SMILES string of the molecule is O=C(OC1c2nccnc2C(=O)N1c1ccc(Cl)cc1)N1CCNCC1. The molecule has 1 unspecified atom stereocenters. The summed E-state index contributed by atoms with van der Waals surface area (Å²) in [6.45, 7) is 2.51. The van der Waals surface area contributed by atoms with Crippen LogP contribution in [0.15, 0.2) is 36.7 Å². The van der Waals surface area contributed by atoms with Crippen LogP contribution in [-0.4, -0.2) is 53.0 Å². The third kappa shape index (κ3) is 2.97. The van der Waals surface area contributed by atoms with E-state index in [1.165, 1.54) is 17.3 Å². The number of aromatic nitrogens is 2. The van der Waals surface area contributed by atoms with Gasteiger partial charge in [-0.2, -0.15) is 0 Å². The molecule has 1 atom stereocenters. The fourth-order valence-electron chi connectivity index (χ4n) is 3.02. The van der Waals surface area contributed by atoms with Crippen molar-refractivity contribution in [1.82, 2.24) is 20.2 Å². The van der Waals surface area contributed by atoms with Crippen LogP contribution in [0.1, 0.15) is 22.4 Å². The van der Waals surface area contributed by atoms with Crippen LogP contribution in [0.2, 0.25) is 5.02 Å². The molecule has 4 rings (SSSR count). The summed E-state index contributed by atoms with van der Waals surface area (Å²) < 4.78 is 5.67. The van der Waals surface area contributed by atoms with E-state index in [1.54, 1.807) is 29.2 Å². The average Bonchev–Trinajstić information content (AvgIpc) is 2.95. The van der Waals surface area contributed by atoms with Crippen molar-refractivity contribution < 1.29 is 14.3 Å². The summed E-state index contributed by atoms with van der Waals surface area (Å²) in [7, 11) is 0. The Bertz CT molecular complexity index is 839. The lowest BCUT2D eigenvalue weighted by atomic mass is 10.3. The molecule has 0 bridgehead atoms. The lowest BCUT2D eigenvalue weighted by molar-refractivity contribution is 0.0567. The van der Waals surface area contributed by atoms with Gasteiger partial charge >= 0.3 is 6.09 Å². The number of hydrogen-bond donors (Lipinski definition) is 1. The van der Waals surface area contributed by atoms with E-state index in [9.17, 15) is 9.59 Å². The second kappa shape index (κ2) is 6.89. The van der Waals surface area contributed by atoms with E-state index < -0.39 is 12.3 Å². The highest BCUT2D eigenvalue weighted by atomic mass is 35.5. The van der Waals surface area contributed by atoms with Crippen LogP contribution < -0.4 is 10.2 Å². The number of amides is 2. The first-order valence-electron chi connectivity index (χ1n) is 8.21. The van der Waals surface area contributed by atoms with Crippen LogP contribution >= 0.6 is 11.6 Å². The summed E-state index contributed by atoms with van der Waals surface area (Å²) >= 11 is 5.94. The van der Waals surface area contributed by atoms with Gasteiger partial charge in [0, 0.05) is 49.3 Å². The maximum Gasteiger partial charge on any atom is 0.412 e. The number of carbonyl (C=O) groups excluding carboxylic acids is 2. The van der Waals surface area contributed by atoms with Gasteiger partial charge in [0.25, 0.3) is 5.91 Å². The zero-order chi connectivity index (χ0) is 18.1. The molecule has 2 aliphatic heterocycles. The number of hydrogen-bond acceptors (Lipinski definition) is 6. The number of nitrogens with one attached hydrogen (secondary N) is 1. The Kier molecular flexibility index (Phi) is 4.44. The molecule has 0 radical (unpaired) electrons. The first-order valence-corrected chi connectivity index (χ1v) is 8.59. The quantitative estimate of drug-likeness (QED) is 0.864. The van der Waals surface area contributed by atoms with Crippen molar-refractivity contribution in [3.8, 4) is 0 Å². The van der Waals surface area contributed by atoms with Crippen LogP contribution in [0.5, 0.6) is 0 Å². The van der Waals surface area contributed by atoms with Gasteiger partial charge in [0.2, 0.25) is 6.23 Å². The van der Waals surface area contributed by atoms with Gasteiger partial charge < -0.3 is 15.0 Å². The topological polar surface area (TPSA) is 87.7 Å². The van der Waals surface area contributed by atoms with Crippen LogP contribution in [0.3, 0.4) is 0 Å². The molecule has 9 heteroatoms. The summed E-state index contributed by atoms with van der Waals surface area (Å²) in [5.41, 5.74) is 1.06. The van der Waals surface area contributed by atoms with Crippen LogP contribution in [0.25, 0.3) is 0 Å². The Labute approximate surface area is 154 Å². The molecule has 3 heterocycles. The highest BCUT2D eigenvalue weighted by Gasteiger charge is 2.43. The number of benzene rings is 1. The molecule has 1 N–H and O–H groups in total. The fourth-order valence-corrected chi connectivity index (χ4v) is 3.14. The summed E-state index contributed by atoms with van der Waals surface area (Å²) in [5, 5.41) is 3.72. The van der Waals surface area contributed by atoms with Crippen LogP contribution in [0.4, 0.5) is 10.5 Å². The monoisotopic (exact) mass is 373 g/mol. The first-order chi connectivity index (χ1) is 12.6. The predicted molar refractivity (Wildman–Crippen MR) is 94.0 cm³/mol. The number of halogens is 1. The third-order valence-corrected chi connectivity index (χ3v) is 4.56. The lowest BCUT2D eigenvalue weighted by Gasteiger charge is -2.30. The molecule has 0 saturated carbocycles. The van der Waals surface area contributed by atoms with Crippen molar-refractivity contribution in [2.24, 2.45) is 0 Å². The smallest absolute Gasteiger partial charge is 0.412 e. The first kappa shape index (κ1) is 16.7. The zero-order valence-electron chi connectivity index (χ0n) is 13.8. The number of nitrogens with zero attached hydrogens (tertiary/aromatic N) is 4. The van der Waals surface area contributed by atoms with Crippen molar-refractivity contribution in [1.29, 1.82) is 0 Å². The molecule has 1 saturated heterocycles. The van der Waals surface area contributed by atoms with Crippen molar-refractivity contribution in [3.05, 3.63) is 53.1 Å². The molecular weight excluding hydrogens is 358 g/mol. The molecule has 0 aliphatic carbocycles. The Morgan fingerprint density at radius 3 is 2.58 bits per heavy atom. The molecule has 134 valence electrons. The zero-order valence-corrected chi connectivity index (χ0v) is 14.5. The van der Waals surface area contributed by atoms with Gasteiger partial charge in [-0.15, -0.1) is 0 Å². The number of ether oxygens (including phenoxy) is 1. The largest absolute Gasteiger partial charge is 0.419 e. The molecule has 1 aromatic carbocycles. The highest BCUT2D eigenvalue weighted by molar-refractivity contribution is 6.30. The van der Waals surface area contributed by atoms with E-state index >= 15 is 0 Å². The van der Waals surface area contributed by atoms with E-state index in [-0.39, 0.29) is 11.6 Å². The van der Waals surface area contributed by atoms with Gasteiger partial charge in [0.05, 0.1) is 0 Å². The minimum absolute atomic E-state index is 0.181. The predicted octanol–water partition coefficient (Wildman–Crippen LogP) is 1.83. The normalized spacial score (nSPS) is 19.4. The van der Waals surface area contributed by atoms with E-state index in [0.29, 0.717) is 42.6 Å². The summed E-state index contributed by atoms with van der Waals surface area (Å²) in [5.74, 6) is -0.367. The number of anilines is 1. The van der Waals surface area contributed by atoms with Gasteiger partial charge in [0.1, 0.15) is 5.69 Å². The fraction of sp³-hybridized carbons (Fsp3) is 0.294. The van der Waals surface area contributed by atoms with Crippen molar-refractivity contribution in [2.45, 2.75) is 6.23 Å². The minimum atomic E-state index is -0.963. The Morgan fingerprint density at radius 1 is 1.15 bits per heavy atom. The van der Waals surface area contributed by atoms with Gasteiger partial charge in [-0.3, -0.25) is 14.7 Å². The van der Waals surface area contributed by atoms with Gasteiger partial charge in [0.15, 0.2) is 5.69 Å². The van der Waals surface area contributed by atoms with Crippen molar-refractivity contribution >= 4 is 29.3 Å². The summed E-state index contributed by atoms with van der Waals surface area (Å²) in [4.78, 5) is 36.7. The number of piperazine rings is 1. The molecule has 1 fully saturated rings. The Hall–Kier alpha value is -2.71. The van der Waals surface area contributed by atoms with Crippen molar-refractivity contribution in [3.63, 3.8) is 0 Å². The Morgan fingerprint density at radius 2 is 1.85 bits per heavy atom. The van der Waals surface area contributed by atoms with E-state index in [0.717, 1.165) is 0 Å². The van der Waals surface area contributed by atoms with Crippen molar-refractivity contribution in [2.75, 3.05) is 31.1 Å². The second-order valence-corrected chi connectivity index (χ2v) is 6.35. The minimum Gasteiger partial charge on any atom is -0.419 e. The summed E-state index contributed by atoms with van der Waals surface area (Å²) in [6, 6.07) is 6.72. The molecule has 2 amide bonds. The summed E-state index contributed by atoms with van der Waals surface area (Å²) in [6.07, 6.45) is 1.47. The van der Waals surface area contributed by atoms with Crippen LogP contribution in [-0.2, 0) is 4.74 Å². The molecule has 8 nitrogen and oxygen atoms in total. The van der Waals surface area contributed by atoms with Gasteiger partial charge in [-0.05, 0) is 24.3 Å². The maximum atomic E-state index is 12.8. The molecule has 2 aromatic rings.